The first-order chi connectivity index (χ1) is 8.32. The third-order valence-electron chi connectivity index (χ3n) is 2.11. The number of Topliss-reactive ketones (excluding diaryl/α,β-unsaturated/α-hetero) is 1. The van der Waals surface area contributed by atoms with Crippen molar-refractivity contribution in [1.29, 1.82) is 0 Å². The van der Waals surface area contributed by atoms with Gasteiger partial charge in [0.1, 0.15) is 5.76 Å². The van der Waals surface area contributed by atoms with Crippen molar-refractivity contribution in [2.75, 3.05) is 0 Å². The predicted octanol–water partition coefficient (Wildman–Crippen LogP) is 1.16. The first kappa shape index (κ1) is 13.6. The number of aliphatic hydroxyl groups excluding tert-OH is 1. The molecule has 0 aliphatic heterocycles. The van der Waals surface area contributed by atoms with Crippen LogP contribution in [0.1, 0.15) is 13.8 Å². The molecule has 0 fully saturated rings. The van der Waals surface area contributed by atoms with E-state index < -0.39 is 10.9 Å². The Morgan fingerprint density at radius 3 is 2.61 bits per heavy atom. The highest BCUT2D eigenvalue weighted by Crippen LogP contribution is 2.15. The van der Waals surface area contributed by atoms with Gasteiger partial charge in [-0.05, 0) is 24.3 Å². The first-order valence-electron chi connectivity index (χ1n) is 4.95. The van der Waals surface area contributed by atoms with Crippen molar-refractivity contribution in [1.82, 2.24) is 14.8 Å². The lowest BCUT2D eigenvalue weighted by Gasteiger charge is -2.07. The van der Waals surface area contributed by atoms with Gasteiger partial charge >= 0.3 is 5.95 Å². The van der Waals surface area contributed by atoms with Gasteiger partial charge in [-0.2, -0.15) is 4.68 Å². The lowest BCUT2D eigenvalue weighted by Crippen LogP contribution is -2.09. The van der Waals surface area contributed by atoms with Crippen molar-refractivity contribution in [3.8, 4) is 0 Å². The van der Waals surface area contributed by atoms with Crippen LogP contribution in [0.2, 0.25) is 0 Å². The van der Waals surface area contributed by atoms with Crippen molar-refractivity contribution >= 4 is 11.7 Å². The molecule has 0 bridgehead atoms. The maximum absolute atomic E-state index is 11.3. The van der Waals surface area contributed by atoms with Crippen LogP contribution in [0.15, 0.2) is 29.8 Å². The van der Waals surface area contributed by atoms with E-state index in [-0.39, 0.29) is 23.7 Å². The van der Waals surface area contributed by atoms with Gasteiger partial charge in [0.05, 0.1) is 12.1 Å². The summed E-state index contributed by atoms with van der Waals surface area (Å²) < 4.78 is 1.17. The van der Waals surface area contributed by atoms with E-state index in [2.05, 4.69) is 16.7 Å². The van der Waals surface area contributed by atoms with Crippen LogP contribution >= 0.6 is 0 Å². The van der Waals surface area contributed by atoms with Gasteiger partial charge < -0.3 is 15.2 Å². The Hall–Kier alpha value is -2.51. The van der Waals surface area contributed by atoms with Gasteiger partial charge in [0.15, 0.2) is 5.78 Å². The molecular formula is C10H12N4O4. The zero-order valence-electron chi connectivity index (χ0n) is 9.95. The fraction of sp³-hybridized carbons (Fsp3) is 0.300. The molecule has 0 spiro atoms. The standard InChI is InChI=1S/C10H12N4O4/c1-6(9(7(2)15)8(3)16)4-13-5-11-10(12-13)14(17)18/h5,15H,1,4H2,2-3H3. The molecule has 0 atom stereocenters. The second-order valence-corrected chi connectivity index (χ2v) is 3.62. The van der Waals surface area contributed by atoms with Gasteiger partial charge in [0, 0.05) is 5.10 Å². The number of rotatable bonds is 5. The minimum absolute atomic E-state index is 0.0354. The number of carbonyl (C=O) groups is 1. The van der Waals surface area contributed by atoms with Crippen LogP contribution in [0, 0.1) is 10.1 Å². The van der Waals surface area contributed by atoms with Crippen LogP contribution < -0.4 is 0 Å². The number of nitro groups is 1. The summed E-state index contributed by atoms with van der Waals surface area (Å²) in [5.74, 6) is -1.02. The topological polar surface area (TPSA) is 111 Å². The number of aromatic nitrogens is 3. The Labute approximate surface area is 102 Å². The highest BCUT2D eigenvalue weighted by Gasteiger charge is 2.17. The average Bonchev–Trinajstić information content (AvgIpc) is 2.64. The fourth-order valence-electron chi connectivity index (χ4n) is 1.48. The molecule has 1 heterocycles. The van der Waals surface area contributed by atoms with Crippen LogP contribution in [0.4, 0.5) is 5.95 Å². The van der Waals surface area contributed by atoms with Crippen LogP contribution in [-0.2, 0) is 11.3 Å². The first-order valence-corrected chi connectivity index (χ1v) is 4.95. The normalized spacial score (nSPS) is 11.9. The van der Waals surface area contributed by atoms with Crippen molar-refractivity contribution in [3.63, 3.8) is 0 Å². The van der Waals surface area contributed by atoms with E-state index in [1.807, 2.05) is 0 Å². The van der Waals surface area contributed by atoms with Gasteiger partial charge in [-0.1, -0.05) is 11.6 Å². The Kier molecular flexibility index (Phi) is 3.93. The fourth-order valence-corrected chi connectivity index (χ4v) is 1.48. The maximum atomic E-state index is 11.3. The number of nitrogens with zero attached hydrogens (tertiary/aromatic N) is 4. The summed E-state index contributed by atoms with van der Waals surface area (Å²) >= 11 is 0. The molecule has 0 saturated heterocycles. The molecule has 0 aliphatic carbocycles. The van der Waals surface area contributed by atoms with Gasteiger partial charge in [-0.3, -0.25) is 4.79 Å². The number of carbonyl (C=O) groups excluding carboxylic acids is 1. The number of allylic oxidation sites excluding steroid dienone is 3. The minimum Gasteiger partial charge on any atom is -0.512 e. The Morgan fingerprint density at radius 1 is 1.61 bits per heavy atom. The summed E-state index contributed by atoms with van der Waals surface area (Å²) in [5, 5.41) is 23.3. The minimum atomic E-state index is -0.724. The quantitative estimate of drug-likeness (QED) is 0.277. The molecule has 1 aromatic heterocycles. The molecule has 18 heavy (non-hydrogen) atoms. The van der Waals surface area contributed by atoms with Crippen LogP contribution in [0.25, 0.3) is 0 Å². The molecule has 8 heteroatoms. The number of hydrogen-bond acceptors (Lipinski definition) is 6. The summed E-state index contributed by atoms with van der Waals surface area (Å²) in [6.07, 6.45) is 1.16. The molecular weight excluding hydrogens is 240 g/mol. The van der Waals surface area contributed by atoms with Gasteiger partial charge in [0.25, 0.3) is 0 Å². The molecule has 1 aromatic rings. The van der Waals surface area contributed by atoms with Crippen LogP contribution in [-0.4, -0.2) is 30.6 Å². The monoisotopic (exact) mass is 252 g/mol. The summed E-state index contributed by atoms with van der Waals surface area (Å²) in [7, 11) is 0. The highest BCUT2D eigenvalue weighted by atomic mass is 16.6. The van der Waals surface area contributed by atoms with Gasteiger partial charge in [-0.15, -0.1) is 0 Å². The second kappa shape index (κ2) is 5.21. The number of aliphatic hydroxyl groups is 1. The maximum Gasteiger partial charge on any atom is 0.490 e. The molecule has 8 nitrogen and oxygen atoms in total. The second-order valence-electron chi connectivity index (χ2n) is 3.62. The zero-order valence-corrected chi connectivity index (χ0v) is 9.95. The van der Waals surface area contributed by atoms with Crippen molar-refractivity contribution in [3.05, 3.63) is 39.9 Å². The Balaban J connectivity index is 2.90. The molecule has 1 rings (SSSR count). The third kappa shape index (κ3) is 3.00. The van der Waals surface area contributed by atoms with Gasteiger partial charge in [0.2, 0.25) is 6.33 Å². The zero-order chi connectivity index (χ0) is 13.9. The molecule has 1 N–H and O–H groups in total. The van der Waals surface area contributed by atoms with E-state index in [9.17, 15) is 20.0 Å². The van der Waals surface area contributed by atoms with Gasteiger partial charge in [-0.25, -0.2) is 0 Å². The van der Waals surface area contributed by atoms with Crippen molar-refractivity contribution in [2.45, 2.75) is 20.4 Å². The average molecular weight is 252 g/mol. The van der Waals surface area contributed by atoms with Crippen LogP contribution in [0.5, 0.6) is 0 Å². The summed E-state index contributed by atoms with van der Waals surface area (Å²) in [4.78, 5) is 24.4. The van der Waals surface area contributed by atoms with E-state index in [0.29, 0.717) is 5.57 Å². The number of hydrogen-bond donors (Lipinski definition) is 1. The highest BCUT2D eigenvalue weighted by molar-refractivity contribution is 5.97. The predicted molar refractivity (Wildman–Crippen MR) is 61.8 cm³/mol. The molecule has 0 unspecified atom stereocenters. The van der Waals surface area contributed by atoms with E-state index in [4.69, 9.17) is 0 Å². The lowest BCUT2D eigenvalue weighted by molar-refractivity contribution is -0.394. The largest absolute Gasteiger partial charge is 0.512 e. The van der Waals surface area contributed by atoms with E-state index in [0.717, 1.165) is 6.33 Å². The Morgan fingerprint density at radius 2 is 2.22 bits per heavy atom. The molecule has 0 radical (unpaired) electrons. The number of ketones is 1. The SMILES string of the molecule is C=C(Cn1cnc([N+](=O)[O-])n1)C(C(C)=O)=C(C)O. The smallest absolute Gasteiger partial charge is 0.490 e. The van der Waals surface area contributed by atoms with Crippen molar-refractivity contribution in [2.24, 2.45) is 0 Å². The van der Waals surface area contributed by atoms with Crippen LogP contribution in [0.3, 0.4) is 0 Å². The molecule has 0 aromatic carbocycles. The summed E-state index contributed by atoms with van der Waals surface area (Å²) in [5.41, 5.74) is 0.399. The Bertz CT molecular complexity index is 540. The third-order valence-corrected chi connectivity index (χ3v) is 2.11. The summed E-state index contributed by atoms with van der Waals surface area (Å²) in [6.45, 7) is 6.35. The van der Waals surface area contributed by atoms with E-state index in [1.165, 1.54) is 18.5 Å². The molecule has 0 saturated carbocycles. The van der Waals surface area contributed by atoms with Crippen molar-refractivity contribution < 1.29 is 14.8 Å². The summed E-state index contributed by atoms with van der Waals surface area (Å²) in [6, 6.07) is 0. The molecule has 0 aliphatic rings. The molecule has 96 valence electrons. The lowest BCUT2D eigenvalue weighted by atomic mass is 10.0. The van der Waals surface area contributed by atoms with E-state index >= 15 is 0 Å². The molecule has 0 amide bonds. The van der Waals surface area contributed by atoms with E-state index in [1.54, 1.807) is 0 Å².